The van der Waals surface area contributed by atoms with Crippen molar-refractivity contribution < 1.29 is 18.8 Å². The molecule has 7 nitrogen and oxygen atoms in total. The Morgan fingerprint density at radius 2 is 1.96 bits per heavy atom. The van der Waals surface area contributed by atoms with Crippen LogP contribution in [0.25, 0.3) is 10.7 Å². The van der Waals surface area contributed by atoms with Crippen LogP contribution in [-0.4, -0.2) is 28.1 Å². The Morgan fingerprint density at radius 3 is 2.64 bits per heavy atom. The average molecular weight is 399 g/mol. The summed E-state index contributed by atoms with van der Waals surface area (Å²) in [6, 6.07) is 12.4. The lowest BCUT2D eigenvalue weighted by Crippen LogP contribution is -2.45. The Hall–Kier alpha value is -3.00. The van der Waals surface area contributed by atoms with E-state index in [-0.39, 0.29) is 30.7 Å². The molecule has 0 spiro atoms. The molecule has 2 aromatic heterocycles. The molecule has 3 aromatic rings. The Morgan fingerprint density at radius 1 is 1.18 bits per heavy atom. The molecule has 0 aliphatic rings. The fourth-order valence-electron chi connectivity index (χ4n) is 2.55. The van der Waals surface area contributed by atoms with Crippen LogP contribution in [0.15, 0.2) is 52.4 Å². The van der Waals surface area contributed by atoms with E-state index in [0.29, 0.717) is 5.82 Å². The van der Waals surface area contributed by atoms with Crippen LogP contribution < -0.4 is 5.32 Å². The van der Waals surface area contributed by atoms with E-state index in [1.54, 1.807) is 0 Å². The summed E-state index contributed by atoms with van der Waals surface area (Å²) in [4.78, 5) is 29.8. The molecule has 1 atom stereocenters. The third-order valence-corrected chi connectivity index (χ3v) is 4.86. The number of carbonyl (C=O) groups is 2. The van der Waals surface area contributed by atoms with Gasteiger partial charge in [-0.15, -0.1) is 11.3 Å². The summed E-state index contributed by atoms with van der Waals surface area (Å²) in [6.07, 6.45) is 0.200. The van der Waals surface area contributed by atoms with Crippen LogP contribution in [-0.2, 0) is 27.4 Å². The van der Waals surface area contributed by atoms with Crippen molar-refractivity contribution in [3.05, 3.63) is 59.3 Å². The summed E-state index contributed by atoms with van der Waals surface area (Å²) in [5, 5.41) is 8.54. The summed E-state index contributed by atoms with van der Waals surface area (Å²) in [7, 11) is 0. The van der Waals surface area contributed by atoms with Crippen molar-refractivity contribution in [2.45, 2.75) is 32.9 Å². The van der Waals surface area contributed by atoms with Gasteiger partial charge in [-0.3, -0.25) is 4.79 Å². The SMILES string of the molecule is CC(C)C(NC(=O)Cc1ccccc1)C(=O)OCc1nc(-c2cccs2)no1. The number of rotatable bonds is 8. The summed E-state index contributed by atoms with van der Waals surface area (Å²) in [6.45, 7) is 3.54. The van der Waals surface area contributed by atoms with Gasteiger partial charge in [-0.1, -0.05) is 55.4 Å². The van der Waals surface area contributed by atoms with Crippen molar-refractivity contribution in [2.24, 2.45) is 5.92 Å². The van der Waals surface area contributed by atoms with E-state index < -0.39 is 12.0 Å². The second-order valence-corrected chi connectivity index (χ2v) is 7.50. The third-order valence-electron chi connectivity index (χ3n) is 3.99. The van der Waals surface area contributed by atoms with Gasteiger partial charge < -0.3 is 14.6 Å². The van der Waals surface area contributed by atoms with Crippen molar-refractivity contribution in [1.29, 1.82) is 0 Å². The molecule has 1 aromatic carbocycles. The number of nitrogens with one attached hydrogen (secondary N) is 1. The maximum absolute atomic E-state index is 12.5. The molecule has 0 aliphatic carbocycles. The lowest BCUT2D eigenvalue weighted by Gasteiger charge is -2.20. The summed E-state index contributed by atoms with van der Waals surface area (Å²) < 4.78 is 10.4. The zero-order valence-corrected chi connectivity index (χ0v) is 16.4. The number of amides is 1. The molecule has 1 amide bonds. The number of nitrogens with zero attached hydrogens (tertiary/aromatic N) is 2. The quantitative estimate of drug-likeness (QED) is 0.585. The van der Waals surface area contributed by atoms with Gasteiger partial charge in [-0.25, -0.2) is 4.79 Å². The molecular weight excluding hydrogens is 378 g/mol. The lowest BCUT2D eigenvalue weighted by molar-refractivity contribution is -0.151. The van der Waals surface area contributed by atoms with Gasteiger partial charge in [0.05, 0.1) is 11.3 Å². The molecular formula is C20H21N3O4S. The summed E-state index contributed by atoms with van der Waals surface area (Å²) in [5.74, 6) is -0.240. The summed E-state index contributed by atoms with van der Waals surface area (Å²) in [5.41, 5.74) is 0.878. The highest BCUT2D eigenvalue weighted by Crippen LogP contribution is 2.21. The number of hydrogen-bond donors (Lipinski definition) is 1. The molecule has 1 unspecified atom stereocenters. The zero-order chi connectivity index (χ0) is 19.9. The normalized spacial score (nSPS) is 12.0. The highest BCUT2D eigenvalue weighted by molar-refractivity contribution is 7.13. The summed E-state index contributed by atoms with van der Waals surface area (Å²) >= 11 is 1.49. The molecule has 28 heavy (non-hydrogen) atoms. The number of hydrogen-bond acceptors (Lipinski definition) is 7. The second-order valence-electron chi connectivity index (χ2n) is 6.55. The van der Waals surface area contributed by atoms with Gasteiger partial charge in [0, 0.05) is 0 Å². The van der Waals surface area contributed by atoms with Crippen molar-refractivity contribution in [3.8, 4) is 10.7 Å². The minimum atomic E-state index is -0.754. The number of thiophene rings is 1. The van der Waals surface area contributed by atoms with Crippen molar-refractivity contribution in [2.75, 3.05) is 0 Å². The van der Waals surface area contributed by atoms with Gasteiger partial charge >= 0.3 is 5.97 Å². The van der Waals surface area contributed by atoms with Crippen LogP contribution in [0.3, 0.4) is 0 Å². The Bertz CT molecular complexity index is 907. The zero-order valence-electron chi connectivity index (χ0n) is 15.6. The van der Waals surface area contributed by atoms with Crippen LogP contribution in [0, 0.1) is 5.92 Å². The van der Waals surface area contributed by atoms with E-state index >= 15 is 0 Å². The van der Waals surface area contributed by atoms with Crippen LogP contribution in [0.2, 0.25) is 0 Å². The van der Waals surface area contributed by atoms with Gasteiger partial charge in [0.2, 0.25) is 11.7 Å². The van der Waals surface area contributed by atoms with Crippen LogP contribution in [0.1, 0.15) is 25.3 Å². The minimum absolute atomic E-state index is 0.128. The predicted octanol–water partition coefficient (Wildman–Crippen LogP) is 3.22. The number of ether oxygens (including phenoxy) is 1. The van der Waals surface area contributed by atoms with Crippen LogP contribution in [0.4, 0.5) is 0 Å². The van der Waals surface area contributed by atoms with E-state index in [9.17, 15) is 9.59 Å². The van der Waals surface area contributed by atoms with E-state index in [2.05, 4.69) is 15.5 Å². The van der Waals surface area contributed by atoms with Gasteiger partial charge in [0.15, 0.2) is 6.61 Å². The van der Waals surface area contributed by atoms with Gasteiger partial charge in [-0.2, -0.15) is 4.98 Å². The maximum atomic E-state index is 12.5. The number of carbonyl (C=O) groups excluding carboxylic acids is 2. The largest absolute Gasteiger partial charge is 0.454 e. The monoisotopic (exact) mass is 399 g/mol. The average Bonchev–Trinajstić information content (AvgIpc) is 3.36. The molecule has 1 N–H and O–H groups in total. The van der Waals surface area contributed by atoms with E-state index in [1.165, 1.54) is 11.3 Å². The van der Waals surface area contributed by atoms with Crippen molar-refractivity contribution in [3.63, 3.8) is 0 Å². The van der Waals surface area contributed by atoms with Crippen LogP contribution >= 0.6 is 11.3 Å². The van der Waals surface area contributed by atoms with E-state index in [1.807, 2.05) is 61.7 Å². The first-order valence-corrected chi connectivity index (χ1v) is 9.77. The molecule has 3 rings (SSSR count). The first kappa shape index (κ1) is 19.8. The molecule has 0 aliphatic heterocycles. The topological polar surface area (TPSA) is 94.3 Å². The Labute approximate surface area is 166 Å². The first-order chi connectivity index (χ1) is 13.5. The molecule has 2 heterocycles. The maximum Gasteiger partial charge on any atom is 0.329 e. The number of esters is 1. The Kier molecular flexibility index (Phi) is 6.54. The smallest absolute Gasteiger partial charge is 0.329 e. The molecule has 0 radical (unpaired) electrons. The van der Waals surface area contributed by atoms with Gasteiger partial charge in [-0.05, 0) is 22.9 Å². The van der Waals surface area contributed by atoms with Gasteiger partial charge in [0.25, 0.3) is 5.89 Å². The first-order valence-electron chi connectivity index (χ1n) is 8.89. The molecule has 146 valence electrons. The van der Waals surface area contributed by atoms with E-state index in [4.69, 9.17) is 9.26 Å². The van der Waals surface area contributed by atoms with Crippen molar-refractivity contribution >= 4 is 23.2 Å². The molecule has 8 heteroatoms. The van der Waals surface area contributed by atoms with Crippen LogP contribution in [0.5, 0.6) is 0 Å². The predicted molar refractivity (Wildman–Crippen MR) is 104 cm³/mol. The second kappa shape index (κ2) is 9.27. The third kappa shape index (κ3) is 5.26. The number of aromatic nitrogens is 2. The van der Waals surface area contributed by atoms with Gasteiger partial charge in [0.1, 0.15) is 6.04 Å². The minimum Gasteiger partial charge on any atom is -0.454 e. The fourth-order valence-corrected chi connectivity index (χ4v) is 3.19. The fraction of sp³-hybridized carbons (Fsp3) is 0.300. The molecule has 0 saturated carbocycles. The highest BCUT2D eigenvalue weighted by Gasteiger charge is 2.26. The molecule has 0 fully saturated rings. The highest BCUT2D eigenvalue weighted by atomic mass is 32.1. The Balaban J connectivity index is 1.55. The number of benzene rings is 1. The van der Waals surface area contributed by atoms with E-state index in [0.717, 1.165) is 10.4 Å². The lowest BCUT2D eigenvalue weighted by atomic mass is 10.0. The standard InChI is InChI=1S/C20H21N3O4S/c1-13(2)18(21-16(24)11-14-7-4-3-5-8-14)20(25)26-12-17-22-19(23-27-17)15-9-6-10-28-15/h3-10,13,18H,11-12H2,1-2H3,(H,21,24). The molecule has 0 saturated heterocycles. The molecule has 0 bridgehead atoms. The van der Waals surface area contributed by atoms with Crippen molar-refractivity contribution in [1.82, 2.24) is 15.5 Å².